The van der Waals surface area contributed by atoms with Crippen molar-refractivity contribution in [1.29, 1.82) is 0 Å². The van der Waals surface area contributed by atoms with Crippen LogP contribution in [0.5, 0.6) is 0 Å². The van der Waals surface area contributed by atoms with Gasteiger partial charge in [-0.3, -0.25) is 5.32 Å². The van der Waals surface area contributed by atoms with Crippen LogP contribution in [0.4, 0.5) is 26.2 Å². The summed E-state index contributed by atoms with van der Waals surface area (Å²) in [5.41, 5.74) is 2.46. The standard InChI is InChI=1S/C22H22F2N6/c23-17-7-4-8-18(24)20(17)30-14-26-13-16-19(15-5-2-1-3-6-15)27-22(28-21(16)30)29-11-9-25-10-12-29/h1-8,25-26H,9-14H2. The van der Waals surface area contributed by atoms with Gasteiger partial charge in [-0.25, -0.2) is 13.8 Å². The van der Waals surface area contributed by atoms with Gasteiger partial charge < -0.3 is 15.1 Å². The molecule has 1 aromatic heterocycles. The van der Waals surface area contributed by atoms with Crippen LogP contribution in [0.15, 0.2) is 48.5 Å². The second-order valence-electron chi connectivity index (χ2n) is 7.36. The highest BCUT2D eigenvalue weighted by atomic mass is 19.1. The molecular weight excluding hydrogens is 386 g/mol. The number of fused-ring (bicyclic) bond motifs is 1. The van der Waals surface area contributed by atoms with Crippen molar-refractivity contribution in [1.82, 2.24) is 20.6 Å². The van der Waals surface area contributed by atoms with Gasteiger partial charge in [-0.1, -0.05) is 36.4 Å². The van der Waals surface area contributed by atoms with Crippen molar-refractivity contribution in [3.8, 4) is 11.3 Å². The summed E-state index contributed by atoms with van der Waals surface area (Å²) < 4.78 is 29.3. The molecule has 3 aromatic rings. The van der Waals surface area contributed by atoms with E-state index in [4.69, 9.17) is 9.97 Å². The summed E-state index contributed by atoms with van der Waals surface area (Å²) >= 11 is 0. The van der Waals surface area contributed by atoms with Crippen LogP contribution in [0.1, 0.15) is 5.56 Å². The fourth-order valence-electron chi connectivity index (χ4n) is 3.99. The molecule has 2 aliphatic rings. The lowest BCUT2D eigenvalue weighted by Crippen LogP contribution is -2.45. The SMILES string of the molecule is Fc1cccc(F)c1N1CNCc2c(-c3ccccc3)nc(N3CCNCC3)nc21. The molecule has 6 nitrogen and oxygen atoms in total. The van der Waals surface area contributed by atoms with E-state index in [1.807, 2.05) is 30.3 Å². The first-order chi connectivity index (χ1) is 14.7. The van der Waals surface area contributed by atoms with Crippen molar-refractivity contribution >= 4 is 17.5 Å². The van der Waals surface area contributed by atoms with Gasteiger partial charge in [0.25, 0.3) is 0 Å². The summed E-state index contributed by atoms with van der Waals surface area (Å²) in [7, 11) is 0. The molecule has 8 heteroatoms. The number of nitrogens with one attached hydrogen (secondary N) is 2. The highest BCUT2D eigenvalue weighted by Crippen LogP contribution is 2.38. The Balaban J connectivity index is 1.70. The van der Waals surface area contributed by atoms with Gasteiger partial charge in [0.1, 0.15) is 23.1 Å². The molecule has 3 heterocycles. The zero-order valence-corrected chi connectivity index (χ0v) is 16.4. The van der Waals surface area contributed by atoms with Crippen LogP contribution in [0.2, 0.25) is 0 Å². The highest BCUT2D eigenvalue weighted by Gasteiger charge is 2.29. The van der Waals surface area contributed by atoms with Gasteiger partial charge in [-0.05, 0) is 12.1 Å². The fourth-order valence-corrected chi connectivity index (χ4v) is 3.99. The number of rotatable bonds is 3. The second kappa shape index (κ2) is 7.97. The number of hydrogen-bond acceptors (Lipinski definition) is 6. The van der Waals surface area contributed by atoms with Crippen LogP contribution in [-0.4, -0.2) is 42.8 Å². The maximum absolute atomic E-state index is 14.6. The lowest BCUT2D eigenvalue weighted by molar-refractivity contribution is 0.560. The molecule has 30 heavy (non-hydrogen) atoms. The zero-order chi connectivity index (χ0) is 20.5. The van der Waals surface area contributed by atoms with E-state index in [2.05, 4.69) is 15.5 Å². The van der Waals surface area contributed by atoms with E-state index in [0.29, 0.717) is 18.3 Å². The van der Waals surface area contributed by atoms with Crippen molar-refractivity contribution < 1.29 is 8.78 Å². The Hall–Kier alpha value is -3.10. The normalized spacial score (nSPS) is 16.5. The number of halogens is 2. The van der Waals surface area contributed by atoms with Gasteiger partial charge >= 0.3 is 0 Å². The molecule has 5 rings (SSSR count). The maximum Gasteiger partial charge on any atom is 0.227 e. The van der Waals surface area contributed by atoms with E-state index >= 15 is 0 Å². The van der Waals surface area contributed by atoms with Crippen LogP contribution >= 0.6 is 0 Å². The van der Waals surface area contributed by atoms with Gasteiger partial charge in [0.15, 0.2) is 0 Å². The van der Waals surface area contributed by atoms with Gasteiger partial charge in [-0.2, -0.15) is 4.98 Å². The molecule has 1 saturated heterocycles. The van der Waals surface area contributed by atoms with E-state index in [1.165, 1.54) is 18.2 Å². The lowest BCUT2D eigenvalue weighted by atomic mass is 10.0. The predicted molar refractivity (Wildman–Crippen MR) is 113 cm³/mol. The average Bonchev–Trinajstić information content (AvgIpc) is 2.79. The molecule has 0 saturated carbocycles. The molecule has 2 N–H and O–H groups in total. The van der Waals surface area contributed by atoms with Crippen LogP contribution in [0.3, 0.4) is 0 Å². The van der Waals surface area contributed by atoms with E-state index in [1.54, 1.807) is 4.90 Å². The largest absolute Gasteiger partial charge is 0.338 e. The van der Waals surface area contributed by atoms with Crippen molar-refractivity contribution in [2.45, 2.75) is 6.54 Å². The number of para-hydroxylation sites is 1. The Labute approximate surface area is 173 Å². The third-order valence-electron chi connectivity index (χ3n) is 5.46. The third-order valence-corrected chi connectivity index (χ3v) is 5.46. The summed E-state index contributed by atoms with van der Waals surface area (Å²) in [6.07, 6.45) is 0. The Morgan fingerprint density at radius 1 is 0.833 bits per heavy atom. The van der Waals surface area contributed by atoms with E-state index in [-0.39, 0.29) is 12.4 Å². The van der Waals surface area contributed by atoms with E-state index < -0.39 is 11.6 Å². The van der Waals surface area contributed by atoms with Gasteiger partial charge in [-0.15, -0.1) is 0 Å². The van der Waals surface area contributed by atoms with Crippen LogP contribution in [-0.2, 0) is 6.54 Å². The number of hydrogen-bond donors (Lipinski definition) is 2. The van der Waals surface area contributed by atoms with Crippen molar-refractivity contribution in [2.24, 2.45) is 0 Å². The van der Waals surface area contributed by atoms with E-state index in [9.17, 15) is 8.78 Å². The average molecular weight is 408 g/mol. The summed E-state index contributed by atoms with van der Waals surface area (Å²) in [6.45, 7) is 4.02. The van der Waals surface area contributed by atoms with Crippen molar-refractivity contribution in [3.05, 3.63) is 65.7 Å². The first-order valence-corrected chi connectivity index (χ1v) is 10.1. The minimum absolute atomic E-state index is 0.102. The quantitative estimate of drug-likeness (QED) is 0.695. The number of nitrogens with zero attached hydrogens (tertiary/aromatic N) is 4. The summed E-state index contributed by atoms with van der Waals surface area (Å²) in [5, 5.41) is 6.57. The molecule has 0 aliphatic carbocycles. The summed E-state index contributed by atoms with van der Waals surface area (Å²) in [5.74, 6) is -0.112. The highest BCUT2D eigenvalue weighted by molar-refractivity contribution is 5.75. The monoisotopic (exact) mass is 408 g/mol. The molecule has 0 spiro atoms. The van der Waals surface area contributed by atoms with Crippen molar-refractivity contribution in [3.63, 3.8) is 0 Å². The smallest absolute Gasteiger partial charge is 0.227 e. The Morgan fingerprint density at radius 3 is 2.30 bits per heavy atom. The van der Waals surface area contributed by atoms with E-state index in [0.717, 1.165) is 43.0 Å². The zero-order valence-electron chi connectivity index (χ0n) is 16.4. The molecule has 2 aromatic carbocycles. The minimum Gasteiger partial charge on any atom is -0.338 e. The van der Waals surface area contributed by atoms with Crippen LogP contribution < -0.4 is 20.4 Å². The Morgan fingerprint density at radius 2 is 1.57 bits per heavy atom. The lowest BCUT2D eigenvalue weighted by Gasteiger charge is -2.34. The first kappa shape index (κ1) is 18.9. The van der Waals surface area contributed by atoms with Crippen LogP contribution in [0, 0.1) is 11.6 Å². The molecule has 1 fully saturated rings. The van der Waals surface area contributed by atoms with Crippen LogP contribution in [0.25, 0.3) is 11.3 Å². The topological polar surface area (TPSA) is 56.3 Å². The molecule has 0 radical (unpaired) electrons. The summed E-state index contributed by atoms with van der Waals surface area (Å²) in [4.78, 5) is 13.4. The predicted octanol–water partition coefficient (Wildman–Crippen LogP) is 3.03. The number of benzene rings is 2. The first-order valence-electron chi connectivity index (χ1n) is 10.1. The number of anilines is 3. The third kappa shape index (κ3) is 3.38. The summed E-state index contributed by atoms with van der Waals surface area (Å²) in [6, 6.07) is 13.8. The van der Waals surface area contributed by atoms with Crippen molar-refractivity contribution in [2.75, 3.05) is 42.6 Å². The maximum atomic E-state index is 14.6. The second-order valence-corrected chi connectivity index (χ2v) is 7.36. The molecule has 0 amide bonds. The number of aromatic nitrogens is 2. The molecule has 0 bridgehead atoms. The Kier molecular flexibility index (Phi) is 5.02. The van der Waals surface area contributed by atoms with Gasteiger partial charge in [0, 0.05) is 43.9 Å². The molecule has 2 aliphatic heterocycles. The number of piperazine rings is 1. The Bertz CT molecular complexity index is 1030. The van der Waals surface area contributed by atoms with Gasteiger partial charge in [0.2, 0.25) is 5.95 Å². The molecular formula is C22H22F2N6. The molecule has 154 valence electrons. The minimum atomic E-state index is -0.617. The van der Waals surface area contributed by atoms with Gasteiger partial charge in [0.05, 0.1) is 12.4 Å². The molecule has 0 unspecified atom stereocenters. The molecule has 0 atom stereocenters. The fraction of sp³-hybridized carbons (Fsp3) is 0.273.